The minimum absolute atomic E-state index is 0.0450. The highest BCUT2D eigenvalue weighted by Crippen LogP contribution is 2.29. The molecule has 32 heavy (non-hydrogen) atoms. The molecule has 0 amide bonds. The van der Waals surface area contributed by atoms with Gasteiger partial charge < -0.3 is 9.72 Å². The molecule has 3 aromatic carbocycles. The van der Waals surface area contributed by atoms with Crippen molar-refractivity contribution in [3.05, 3.63) is 104 Å². The van der Waals surface area contributed by atoms with Crippen molar-refractivity contribution in [3.63, 3.8) is 0 Å². The van der Waals surface area contributed by atoms with Crippen molar-refractivity contribution >= 4 is 34.2 Å². The van der Waals surface area contributed by atoms with Crippen LogP contribution in [0.15, 0.2) is 78.0 Å². The van der Waals surface area contributed by atoms with E-state index < -0.39 is 15.5 Å². The summed E-state index contributed by atoms with van der Waals surface area (Å²) < 4.78 is 5.87. The lowest BCUT2D eigenvalue weighted by Gasteiger charge is -2.06. The molecule has 2 N–H and O–H groups in total. The zero-order valence-electron chi connectivity index (χ0n) is 16.6. The summed E-state index contributed by atoms with van der Waals surface area (Å²) in [6.07, 6.45) is 3.26. The second-order valence-electron chi connectivity index (χ2n) is 6.81. The molecule has 0 saturated carbocycles. The molecule has 1 heterocycles. The number of benzene rings is 3. The number of aromatic amines is 1. The number of anilines is 1. The molecule has 0 fully saturated rings. The summed E-state index contributed by atoms with van der Waals surface area (Å²) in [4.78, 5) is 23.8. The van der Waals surface area contributed by atoms with Gasteiger partial charge in [-0.25, -0.2) is 0 Å². The van der Waals surface area contributed by atoms with E-state index in [0.29, 0.717) is 12.4 Å². The molecule has 0 saturated heterocycles. The van der Waals surface area contributed by atoms with Crippen LogP contribution >= 0.6 is 0 Å². The number of nitro groups is 2. The second-order valence-corrected chi connectivity index (χ2v) is 6.81. The van der Waals surface area contributed by atoms with E-state index in [1.807, 2.05) is 48.5 Å². The second kappa shape index (κ2) is 8.96. The van der Waals surface area contributed by atoms with Gasteiger partial charge in [0.15, 0.2) is 0 Å². The Kier molecular flexibility index (Phi) is 5.75. The fraction of sp³-hybridized carbons (Fsp3) is 0.0455. The van der Waals surface area contributed by atoms with E-state index >= 15 is 0 Å². The lowest BCUT2D eigenvalue weighted by Crippen LogP contribution is -1.98. The molecular weight excluding hydrogens is 414 g/mol. The highest BCUT2D eigenvalue weighted by atomic mass is 16.6. The monoisotopic (exact) mass is 431 g/mol. The largest absolute Gasteiger partial charge is 0.489 e. The number of nitrogens with one attached hydrogen (secondary N) is 2. The predicted octanol–water partition coefficient (Wildman–Crippen LogP) is 5.01. The van der Waals surface area contributed by atoms with Gasteiger partial charge in [0, 0.05) is 28.7 Å². The number of H-pyrrole nitrogens is 1. The first-order chi connectivity index (χ1) is 15.5. The van der Waals surface area contributed by atoms with Gasteiger partial charge in [-0.15, -0.1) is 0 Å². The van der Waals surface area contributed by atoms with Crippen molar-refractivity contribution in [2.75, 3.05) is 5.43 Å². The van der Waals surface area contributed by atoms with Gasteiger partial charge in [-0.2, -0.15) is 5.10 Å². The Morgan fingerprint density at radius 1 is 1.00 bits per heavy atom. The fourth-order valence-electron chi connectivity index (χ4n) is 3.11. The normalized spacial score (nSPS) is 11.0. The molecular formula is C22H17N5O5. The van der Waals surface area contributed by atoms with E-state index in [2.05, 4.69) is 15.5 Å². The van der Waals surface area contributed by atoms with Crippen LogP contribution in [0.25, 0.3) is 10.9 Å². The molecule has 0 aliphatic heterocycles. The molecule has 0 spiro atoms. The predicted molar refractivity (Wildman–Crippen MR) is 120 cm³/mol. The number of hydrazone groups is 1. The Labute approximate surface area is 181 Å². The molecule has 1 aromatic heterocycles. The third kappa shape index (κ3) is 4.54. The molecule has 0 radical (unpaired) electrons. The van der Waals surface area contributed by atoms with E-state index in [1.165, 1.54) is 18.3 Å². The molecule has 4 rings (SSSR count). The third-order valence-corrected chi connectivity index (χ3v) is 4.71. The number of hydrogen-bond donors (Lipinski definition) is 2. The van der Waals surface area contributed by atoms with E-state index in [4.69, 9.17) is 4.74 Å². The summed E-state index contributed by atoms with van der Waals surface area (Å²) in [5.41, 5.74) is 4.49. The van der Waals surface area contributed by atoms with E-state index in [9.17, 15) is 20.2 Å². The maximum Gasteiger partial charge on any atom is 0.301 e. The van der Waals surface area contributed by atoms with Gasteiger partial charge in [0.1, 0.15) is 18.0 Å². The van der Waals surface area contributed by atoms with Crippen LogP contribution in [0.2, 0.25) is 0 Å². The summed E-state index contributed by atoms with van der Waals surface area (Å²) in [6, 6.07) is 18.8. The Balaban J connectivity index is 1.52. The standard InChI is InChI=1S/C22H17N5O5/c28-26(29)17-6-8-21(22(10-17)27(30)31)25-24-13-16-12-23-20-9-7-18(11-19(16)20)32-14-15-4-2-1-3-5-15/h1-13,23,25H,14H2/b24-13+. The van der Waals surface area contributed by atoms with Crippen molar-refractivity contribution in [2.24, 2.45) is 5.10 Å². The maximum absolute atomic E-state index is 11.2. The van der Waals surface area contributed by atoms with E-state index in [1.54, 1.807) is 6.20 Å². The third-order valence-electron chi connectivity index (χ3n) is 4.71. The zero-order chi connectivity index (χ0) is 22.5. The molecule has 0 aliphatic rings. The maximum atomic E-state index is 11.2. The van der Waals surface area contributed by atoms with Gasteiger partial charge in [0.05, 0.1) is 22.1 Å². The van der Waals surface area contributed by atoms with Crippen molar-refractivity contribution < 1.29 is 14.6 Å². The first kappa shape index (κ1) is 20.5. The van der Waals surface area contributed by atoms with E-state index in [-0.39, 0.29) is 11.4 Å². The van der Waals surface area contributed by atoms with Crippen LogP contribution in [-0.2, 0) is 6.61 Å². The number of aromatic nitrogens is 1. The van der Waals surface area contributed by atoms with Gasteiger partial charge >= 0.3 is 5.69 Å². The molecule has 4 aromatic rings. The number of nitro benzene ring substituents is 2. The molecule has 160 valence electrons. The minimum atomic E-state index is -0.701. The molecule has 0 bridgehead atoms. The zero-order valence-corrected chi connectivity index (χ0v) is 16.6. The average Bonchev–Trinajstić information content (AvgIpc) is 3.20. The summed E-state index contributed by atoms with van der Waals surface area (Å²) >= 11 is 0. The van der Waals surface area contributed by atoms with Gasteiger partial charge in [0.2, 0.25) is 0 Å². The summed E-state index contributed by atoms with van der Waals surface area (Å²) in [7, 11) is 0. The van der Waals surface area contributed by atoms with Gasteiger partial charge in [0.25, 0.3) is 5.69 Å². The Morgan fingerprint density at radius 3 is 2.56 bits per heavy atom. The first-order valence-electron chi connectivity index (χ1n) is 9.51. The lowest BCUT2D eigenvalue weighted by molar-refractivity contribution is -0.393. The first-order valence-corrected chi connectivity index (χ1v) is 9.51. The van der Waals surface area contributed by atoms with Crippen molar-refractivity contribution in [3.8, 4) is 5.75 Å². The lowest BCUT2D eigenvalue weighted by atomic mass is 10.2. The molecule has 0 atom stereocenters. The molecule has 10 heteroatoms. The number of ether oxygens (including phenoxy) is 1. The van der Waals surface area contributed by atoms with E-state index in [0.717, 1.165) is 28.1 Å². The van der Waals surface area contributed by atoms with Crippen LogP contribution in [0.3, 0.4) is 0 Å². The number of rotatable bonds is 8. The Morgan fingerprint density at radius 2 is 1.81 bits per heavy atom. The van der Waals surface area contributed by atoms with Gasteiger partial charge in [-0.05, 0) is 29.8 Å². The topological polar surface area (TPSA) is 136 Å². The summed E-state index contributed by atoms with van der Waals surface area (Å²) in [5, 5.41) is 27.0. The quantitative estimate of drug-likeness (QED) is 0.229. The molecule has 0 aliphatic carbocycles. The molecule has 10 nitrogen and oxygen atoms in total. The van der Waals surface area contributed by atoms with Crippen molar-refractivity contribution in [2.45, 2.75) is 6.61 Å². The number of hydrogen-bond acceptors (Lipinski definition) is 7. The van der Waals surface area contributed by atoms with Crippen LogP contribution in [0.1, 0.15) is 11.1 Å². The Hall–Kier alpha value is -4.73. The highest BCUT2D eigenvalue weighted by molar-refractivity contribution is 5.99. The fourth-order valence-corrected chi connectivity index (χ4v) is 3.11. The average molecular weight is 431 g/mol. The van der Waals surface area contributed by atoms with Crippen LogP contribution in [0.4, 0.5) is 17.1 Å². The smallest absolute Gasteiger partial charge is 0.301 e. The number of non-ortho nitro benzene ring substituents is 1. The SMILES string of the molecule is O=[N+]([O-])c1ccc(N/N=C/c2c[nH]c3ccc(OCc4ccccc4)cc23)c([N+](=O)[O-])c1. The Bertz CT molecular complexity index is 1320. The van der Waals surface area contributed by atoms with Crippen molar-refractivity contribution in [1.82, 2.24) is 4.98 Å². The van der Waals surface area contributed by atoms with Crippen LogP contribution in [0, 0.1) is 20.2 Å². The van der Waals surface area contributed by atoms with Crippen LogP contribution in [-0.4, -0.2) is 21.0 Å². The molecule has 0 unspecified atom stereocenters. The van der Waals surface area contributed by atoms with Crippen LogP contribution in [0.5, 0.6) is 5.75 Å². The van der Waals surface area contributed by atoms with Crippen molar-refractivity contribution in [1.29, 1.82) is 0 Å². The minimum Gasteiger partial charge on any atom is -0.489 e. The van der Waals surface area contributed by atoms with Gasteiger partial charge in [-0.1, -0.05) is 30.3 Å². The number of fused-ring (bicyclic) bond motifs is 1. The highest BCUT2D eigenvalue weighted by Gasteiger charge is 2.19. The summed E-state index contributed by atoms with van der Waals surface area (Å²) in [5.74, 6) is 0.689. The summed E-state index contributed by atoms with van der Waals surface area (Å²) in [6.45, 7) is 0.436. The van der Waals surface area contributed by atoms with Gasteiger partial charge in [-0.3, -0.25) is 25.7 Å². The van der Waals surface area contributed by atoms with Crippen LogP contribution < -0.4 is 10.2 Å². The number of nitrogens with zero attached hydrogens (tertiary/aromatic N) is 3.